The molecule has 0 aliphatic carbocycles. The maximum atomic E-state index is 11.7. The second-order valence-electron chi connectivity index (χ2n) is 3.36. The summed E-state index contributed by atoms with van der Waals surface area (Å²) in [6.45, 7) is 2.73. The van der Waals surface area contributed by atoms with Crippen LogP contribution in [0.5, 0.6) is 0 Å². The van der Waals surface area contributed by atoms with Crippen molar-refractivity contribution in [2.24, 2.45) is 5.73 Å². The van der Waals surface area contributed by atoms with Crippen molar-refractivity contribution >= 4 is 17.2 Å². The van der Waals surface area contributed by atoms with Crippen LogP contribution in [0.3, 0.4) is 0 Å². The lowest BCUT2D eigenvalue weighted by atomic mass is 10.4. The molecular weight excluding hydrogens is 241 g/mol. The van der Waals surface area contributed by atoms with E-state index in [4.69, 9.17) is 18.0 Å². The molecule has 3 nitrogen and oxygen atoms in total. The Balaban J connectivity index is 3.52. The molecule has 0 atom stereocenters. The van der Waals surface area contributed by atoms with E-state index in [0.717, 1.165) is 6.54 Å². The van der Waals surface area contributed by atoms with E-state index in [0.29, 0.717) is 24.5 Å². The van der Waals surface area contributed by atoms with E-state index >= 15 is 0 Å². The number of alkyl halides is 3. The zero-order chi connectivity index (χ0) is 12.6. The fraction of sp³-hybridized carbons (Fsp3) is 0.889. The summed E-state index contributed by atoms with van der Waals surface area (Å²) in [6, 6.07) is 0. The van der Waals surface area contributed by atoms with Gasteiger partial charge in [-0.2, -0.15) is 13.2 Å². The number of hydrogen-bond acceptors (Lipinski definition) is 3. The first-order chi connectivity index (χ1) is 7.35. The van der Waals surface area contributed by atoms with E-state index < -0.39 is 12.8 Å². The molecule has 0 aromatic carbocycles. The van der Waals surface area contributed by atoms with Crippen LogP contribution in [0.1, 0.15) is 13.3 Å². The van der Waals surface area contributed by atoms with Crippen molar-refractivity contribution < 1.29 is 17.9 Å². The molecule has 0 rings (SSSR count). The molecule has 0 aliphatic heterocycles. The molecule has 0 fully saturated rings. The summed E-state index contributed by atoms with van der Waals surface area (Å²) >= 11 is 4.74. The normalized spacial score (nSPS) is 12.1. The van der Waals surface area contributed by atoms with Crippen molar-refractivity contribution in [1.82, 2.24) is 4.90 Å². The molecule has 0 aliphatic rings. The molecule has 0 aromatic heterocycles. The second-order valence-corrected chi connectivity index (χ2v) is 3.88. The molecule has 0 heterocycles. The van der Waals surface area contributed by atoms with Gasteiger partial charge in [0.2, 0.25) is 0 Å². The predicted molar refractivity (Wildman–Crippen MR) is 60.4 cm³/mol. The average molecular weight is 258 g/mol. The summed E-state index contributed by atoms with van der Waals surface area (Å²) in [5, 5.41) is 0. The smallest absolute Gasteiger partial charge is 0.392 e. The molecule has 0 spiro atoms. The third-order valence-electron chi connectivity index (χ3n) is 1.86. The van der Waals surface area contributed by atoms with Crippen LogP contribution in [0.2, 0.25) is 0 Å². The summed E-state index contributed by atoms with van der Waals surface area (Å²) in [7, 11) is 0. The standard InChI is InChI=1S/C9H17F3N2OS/c1-2-14(6-8(13)16)4-3-5-15-7-9(10,11)12/h2-7H2,1H3,(H2,13,16). The van der Waals surface area contributed by atoms with Gasteiger partial charge in [-0.3, -0.25) is 4.90 Å². The highest BCUT2D eigenvalue weighted by Gasteiger charge is 2.27. The molecule has 2 N–H and O–H groups in total. The monoisotopic (exact) mass is 258 g/mol. The van der Waals surface area contributed by atoms with Crippen molar-refractivity contribution in [2.45, 2.75) is 19.5 Å². The lowest BCUT2D eigenvalue weighted by Crippen LogP contribution is -2.33. The van der Waals surface area contributed by atoms with Crippen LogP contribution in [-0.2, 0) is 4.74 Å². The summed E-state index contributed by atoms with van der Waals surface area (Å²) in [5.74, 6) is 0. The highest BCUT2D eigenvalue weighted by molar-refractivity contribution is 7.80. The minimum Gasteiger partial charge on any atom is -0.392 e. The zero-order valence-corrected chi connectivity index (χ0v) is 10.0. The Morgan fingerprint density at radius 3 is 2.50 bits per heavy atom. The van der Waals surface area contributed by atoms with Crippen LogP contribution >= 0.6 is 12.2 Å². The van der Waals surface area contributed by atoms with Crippen LogP contribution in [0.15, 0.2) is 0 Å². The quantitative estimate of drug-likeness (QED) is 0.530. The summed E-state index contributed by atoms with van der Waals surface area (Å²) in [6.07, 6.45) is -3.71. The molecule has 7 heteroatoms. The van der Waals surface area contributed by atoms with Gasteiger partial charge in [0, 0.05) is 19.7 Å². The zero-order valence-electron chi connectivity index (χ0n) is 9.22. The molecule has 0 aromatic rings. The summed E-state index contributed by atoms with van der Waals surface area (Å²) in [4.78, 5) is 2.34. The van der Waals surface area contributed by atoms with E-state index in [1.54, 1.807) is 0 Å². The molecule has 96 valence electrons. The lowest BCUT2D eigenvalue weighted by Gasteiger charge is -2.19. The van der Waals surface area contributed by atoms with Crippen molar-refractivity contribution in [3.63, 3.8) is 0 Å². The van der Waals surface area contributed by atoms with Gasteiger partial charge in [-0.15, -0.1) is 0 Å². The maximum absolute atomic E-state index is 11.7. The van der Waals surface area contributed by atoms with Crippen LogP contribution in [0.4, 0.5) is 13.2 Å². The van der Waals surface area contributed by atoms with Crippen LogP contribution in [0, 0.1) is 0 Å². The highest BCUT2D eigenvalue weighted by atomic mass is 32.1. The molecule has 0 unspecified atom stereocenters. The highest BCUT2D eigenvalue weighted by Crippen LogP contribution is 2.14. The van der Waals surface area contributed by atoms with Crippen LogP contribution in [-0.4, -0.2) is 48.9 Å². The van der Waals surface area contributed by atoms with E-state index in [1.165, 1.54) is 0 Å². The molecule has 0 bridgehead atoms. The van der Waals surface area contributed by atoms with Gasteiger partial charge < -0.3 is 10.5 Å². The first-order valence-corrected chi connectivity index (χ1v) is 5.41. The van der Waals surface area contributed by atoms with Gasteiger partial charge in [-0.25, -0.2) is 0 Å². The van der Waals surface area contributed by atoms with Crippen LogP contribution in [0.25, 0.3) is 0 Å². The van der Waals surface area contributed by atoms with Gasteiger partial charge in [0.05, 0.1) is 4.99 Å². The number of rotatable bonds is 8. The number of thiocarbonyl (C=S) groups is 1. The third kappa shape index (κ3) is 10.1. The second kappa shape index (κ2) is 7.81. The maximum Gasteiger partial charge on any atom is 0.411 e. The summed E-state index contributed by atoms with van der Waals surface area (Å²) < 4.78 is 39.6. The van der Waals surface area contributed by atoms with E-state index in [-0.39, 0.29) is 6.61 Å². The van der Waals surface area contributed by atoms with Gasteiger partial charge in [-0.05, 0) is 13.0 Å². The SMILES string of the molecule is CCN(CCCOCC(F)(F)F)CC(N)=S. The van der Waals surface area contributed by atoms with Gasteiger partial charge in [0.15, 0.2) is 0 Å². The summed E-state index contributed by atoms with van der Waals surface area (Å²) in [5.41, 5.74) is 5.37. The fourth-order valence-electron chi connectivity index (χ4n) is 1.15. The molecule has 16 heavy (non-hydrogen) atoms. The topological polar surface area (TPSA) is 38.5 Å². The number of nitrogens with two attached hydrogens (primary N) is 1. The Morgan fingerprint density at radius 1 is 1.44 bits per heavy atom. The van der Waals surface area contributed by atoms with Crippen molar-refractivity contribution in [2.75, 3.05) is 32.8 Å². The van der Waals surface area contributed by atoms with Gasteiger partial charge in [0.1, 0.15) is 6.61 Å². The number of nitrogens with zero attached hydrogens (tertiary/aromatic N) is 1. The van der Waals surface area contributed by atoms with Crippen molar-refractivity contribution in [3.05, 3.63) is 0 Å². The van der Waals surface area contributed by atoms with Crippen molar-refractivity contribution in [3.8, 4) is 0 Å². The number of halogens is 3. The van der Waals surface area contributed by atoms with Gasteiger partial charge >= 0.3 is 6.18 Å². The first kappa shape index (κ1) is 15.6. The predicted octanol–water partition coefficient (Wildman–Crippen LogP) is 1.56. The Kier molecular flexibility index (Phi) is 7.61. The minimum absolute atomic E-state index is 0.0906. The molecule has 0 radical (unpaired) electrons. The van der Waals surface area contributed by atoms with Crippen molar-refractivity contribution in [1.29, 1.82) is 0 Å². The molecule has 0 amide bonds. The van der Waals surface area contributed by atoms with Gasteiger partial charge in [0.25, 0.3) is 0 Å². The Hall–Kier alpha value is -0.400. The van der Waals surface area contributed by atoms with E-state index in [1.807, 2.05) is 11.8 Å². The Bertz CT molecular complexity index is 211. The number of likely N-dealkylation sites (N-methyl/N-ethyl adjacent to an activating group) is 1. The number of ether oxygens (including phenoxy) is 1. The average Bonchev–Trinajstić information content (AvgIpc) is 2.13. The third-order valence-corrected chi connectivity index (χ3v) is 1.98. The Morgan fingerprint density at radius 2 is 2.06 bits per heavy atom. The van der Waals surface area contributed by atoms with E-state index in [2.05, 4.69) is 4.74 Å². The lowest BCUT2D eigenvalue weighted by molar-refractivity contribution is -0.174. The fourth-order valence-corrected chi connectivity index (χ4v) is 1.33. The number of hydrogen-bond donors (Lipinski definition) is 1. The molecular formula is C9H17F3N2OS. The first-order valence-electron chi connectivity index (χ1n) is 5.00. The van der Waals surface area contributed by atoms with Gasteiger partial charge in [-0.1, -0.05) is 19.1 Å². The van der Waals surface area contributed by atoms with Crippen LogP contribution < -0.4 is 5.73 Å². The molecule has 0 saturated heterocycles. The molecule has 0 saturated carbocycles. The largest absolute Gasteiger partial charge is 0.411 e. The Labute approximate surface area is 98.7 Å². The van der Waals surface area contributed by atoms with E-state index in [9.17, 15) is 13.2 Å². The minimum atomic E-state index is -4.25.